The van der Waals surface area contributed by atoms with Crippen LogP contribution in [-0.4, -0.2) is 9.97 Å². The average molecular weight is 292 g/mol. The molecule has 3 nitrogen and oxygen atoms in total. The molecule has 0 saturated carbocycles. The summed E-state index contributed by atoms with van der Waals surface area (Å²) in [6.07, 6.45) is 1.76. The maximum absolute atomic E-state index is 5.82. The molecule has 2 aromatic heterocycles. The number of fused-ring (bicyclic) bond motifs is 2. The van der Waals surface area contributed by atoms with Crippen molar-refractivity contribution < 1.29 is 4.74 Å². The zero-order valence-corrected chi connectivity index (χ0v) is 12.0. The zero-order valence-electron chi connectivity index (χ0n) is 11.2. The van der Waals surface area contributed by atoms with Crippen molar-refractivity contribution in [3.05, 3.63) is 65.8 Å². The number of thiazole rings is 1. The monoisotopic (exact) mass is 292 g/mol. The highest BCUT2D eigenvalue weighted by molar-refractivity contribution is 7.18. The summed E-state index contributed by atoms with van der Waals surface area (Å²) in [5.41, 5.74) is 2.00. The van der Waals surface area contributed by atoms with Crippen LogP contribution in [0.15, 0.2) is 60.8 Å². The number of hydrogen-bond donors (Lipinski definition) is 0. The second-order valence-corrected chi connectivity index (χ2v) is 5.84. The molecule has 0 atom stereocenters. The van der Waals surface area contributed by atoms with Crippen LogP contribution in [0.1, 0.15) is 5.01 Å². The Labute approximate surface area is 125 Å². The first kappa shape index (κ1) is 12.3. The maximum Gasteiger partial charge on any atom is 0.140 e. The molecule has 2 heterocycles. The summed E-state index contributed by atoms with van der Waals surface area (Å²) in [6, 6.07) is 18.1. The van der Waals surface area contributed by atoms with Gasteiger partial charge in [0.15, 0.2) is 0 Å². The quantitative estimate of drug-likeness (QED) is 0.560. The molecule has 0 fully saturated rings. The molecule has 2 aromatic carbocycles. The van der Waals surface area contributed by atoms with E-state index >= 15 is 0 Å². The second kappa shape index (κ2) is 5.14. The minimum Gasteiger partial charge on any atom is -0.485 e. The topological polar surface area (TPSA) is 35.0 Å². The van der Waals surface area contributed by atoms with E-state index in [1.807, 2.05) is 48.5 Å². The Hall–Kier alpha value is -2.46. The molecule has 0 unspecified atom stereocenters. The lowest BCUT2D eigenvalue weighted by Crippen LogP contribution is -1.95. The Balaban J connectivity index is 1.57. The van der Waals surface area contributed by atoms with E-state index < -0.39 is 0 Å². The van der Waals surface area contributed by atoms with Crippen LogP contribution in [0, 0.1) is 0 Å². The van der Waals surface area contributed by atoms with Gasteiger partial charge in [-0.05, 0) is 24.3 Å². The molecule has 0 spiro atoms. The average Bonchev–Trinajstić information content (AvgIpc) is 2.95. The molecule has 21 heavy (non-hydrogen) atoms. The molecule has 4 aromatic rings. The first-order chi connectivity index (χ1) is 10.4. The number of para-hydroxylation sites is 2. The van der Waals surface area contributed by atoms with Crippen molar-refractivity contribution in [1.29, 1.82) is 0 Å². The molecule has 0 amide bonds. The van der Waals surface area contributed by atoms with Gasteiger partial charge in [-0.2, -0.15) is 0 Å². The minimum atomic E-state index is 0.472. The van der Waals surface area contributed by atoms with E-state index in [0.29, 0.717) is 6.61 Å². The van der Waals surface area contributed by atoms with E-state index in [0.717, 1.165) is 27.2 Å². The van der Waals surface area contributed by atoms with Gasteiger partial charge in [0.1, 0.15) is 17.4 Å². The largest absolute Gasteiger partial charge is 0.485 e. The highest BCUT2D eigenvalue weighted by atomic mass is 32.1. The van der Waals surface area contributed by atoms with Crippen molar-refractivity contribution >= 4 is 32.5 Å². The predicted molar refractivity (Wildman–Crippen MR) is 85.7 cm³/mol. The third kappa shape index (κ3) is 2.45. The van der Waals surface area contributed by atoms with Gasteiger partial charge in [0.05, 0.1) is 21.9 Å². The van der Waals surface area contributed by atoms with E-state index in [1.54, 1.807) is 17.5 Å². The summed E-state index contributed by atoms with van der Waals surface area (Å²) in [5.74, 6) is 0.771. The number of pyridine rings is 1. The van der Waals surface area contributed by atoms with Crippen molar-refractivity contribution in [2.75, 3.05) is 0 Å². The molecule has 0 bridgehead atoms. The first-order valence-electron chi connectivity index (χ1n) is 6.70. The molecule has 0 N–H and O–H groups in total. The number of benzene rings is 2. The van der Waals surface area contributed by atoms with Gasteiger partial charge in [0.25, 0.3) is 0 Å². The first-order valence-corrected chi connectivity index (χ1v) is 7.52. The maximum atomic E-state index is 5.82. The van der Waals surface area contributed by atoms with E-state index in [2.05, 4.69) is 16.0 Å². The Morgan fingerprint density at radius 3 is 2.67 bits per heavy atom. The van der Waals surface area contributed by atoms with Crippen molar-refractivity contribution in [3.63, 3.8) is 0 Å². The molecule has 0 aliphatic heterocycles. The van der Waals surface area contributed by atoms with Gasteiger partial charge in [-0.3, -0.25) is 4.98 Å². The third-order valence-corrected chi connectivity index (χ3v) is 4.28. The third-order valence-electron chi connectivity index (χ3n) is 3.27. The van der Waals surface area contributed by atoms with Gasteiger partial charge in [-0.15, -0.1) is 11.3 Å². The number of aromatic nitrogens is 2. The number of nitrogens with zero attached hydrogens (tertiary/aromatic N) is 2. The van der Waals surface area contributed by atoms with Gasteiger partial charge < -0.3 is 4.74 Å². The highest BCUT2D eigenvalue weighted by Gasteiger charge is 2.04. The minimum absolute atomic E-state index is 0.472. The SMILES string of the molecule is c1ccc2ncc(OCc3nc4ccccc4s3)cc2c1. The second-order valence-electron chi connectivity index (χ2n) is 4.73. The number of rotatable bonds is 3. The van der Waals surface area contributed by atoms with E-state index in [9.17, 15) is 0 Å². The van der Waals surface area contributed by atoms with Crippen LogP contribution >= 0.6 is 11.3 Å². The Kier molecular flexibility index (Phi) is 3.01. The van der Waals surface area contributed by atoms with E-state index in [1.165, 1.54) is 4.70 Å². The molecular formula is C17H12N2OS. The van der Waals surface area contributed by atoms with Crippen LogP contribution in [0.3, 0.4) is 0 Å². The smallest absolute Gasteiger partial charge is 0.140 e. The molecule has 4 heteroatoms. The summed E-state index contributed by atoms with van der Waals surface area (Å²) in [6.45, 7) is 0.472. The number of ether oxygens (including phenoxy) is 1. The van der Waals surface area contributed by atoms with Gasteiger partial charge in [0.2, 0.25) is 0 Å². The van der Waals surface area contributed by atoms with E-state index in [4.69, 9.17) is 4.74 Å². The van der Waals surface area contributed by atoms with Crippen LogP contribution in [0.5, 0.6) is 5.75 Å². The summed E-state index contributed by atoms with van der Waals surface area (Å²) >= 11 is 1.66. The molecule has 0 saturated heterocycles. The number of hydrogen-bond acceptors (Lipinski definition) is 4. The van der Waals surface area contributed by atoms with Crippen LogP contribution in [-0.2, 0) is 6.61 Å². The lowest BCUT2D eigenvalue weighted by molar-refractivity contribution is 0.305. The van der Waals surface area contributed by atoms with Crippen LogP contribution < -0.4 is 4.74 Å². The lowest BCUT2D eigenvalue weighted by atomic mass is 10.2. The molecule has 0 radical (unpaired) electrons. The van der Waals surface area contributed by atoms with Crippen molar-refractivity contribution in [2.24, 2.45) is 0 Å². The van der Waals surface area contributed by atoms with Gasteiger partial charge >= 0.3 is 0 Å². The fraction of sp³-hybridized carbons (Fsp3) is 0.0588. The molecule has 0 aliphatic rings. The fourth-order valence-electron chi connectivity index (χ4n) is 2.26. The summed E-state index contributed by atoms with van der Waals surface area (Å²) in [5, 5.41) is 2.06. The predicted octanol–water partition coefficient (Wildman–Crippen LogP) is 4.42. The Bertz CT molecular complexity index is 884. The fourth-order valence-corrected chi connectivity index (χ4v) is 3.14. The molecular weight excluding hydrogens is 280 g/mol. The van der Waals surface area contributed by atoms with Gasteiger partial charge in [0, 0.05) is 5.39 Å². The lowest BCUT2D eigenvalue weighted by Gasteiger charge is -2.04. The molecule has 102 valence electrons. The van der Waals surface area contributed by atoms with Crippen LogP contribution in [0.4, 0.5) is 0 Å². The molecule has 4 rings (SSSR count). The summed E-state index contributed by atoms with van der Waals surface area (Å²) in [7, 11) is 0. The van der Waals surface area contributed by atoms with Gasteiger partial charge in [-0.25, -0.2) is 4.98 Å². The Morgan fingerprint density at radius 1 is 0.952 bits per heavy atom. The van der Waals surface area contributed by atoms with Crippen LogP contribution in [0.25, 0.3) is 21.1 Å². The zero-order chi connectivity index (χ0) is 14.1. The van der Waals surface area contributed by atoms with Crippen LogP contribution in [0.2, 0.25) is 0 Å². The van der Waals surface area contributed by atoms with E-state index in [-0.39, 0.29) is 0 Å². The van der Waals surface area contributed by atoms with Crippen molar-refractivity contribution in [1.82, 2.24) is 9.97 Å². The van der Waals surface area contributed by atoms with Crippen molar-refractivity contribution in [2.45, 2.75) is 6.61 Å². The summed E-state index contributed by atoms with van der Waals surface area (Å²) < 4.78 is 7.00. The highest BCUT2D eigenvalue weighted by Crippen LogP contribution is 2.23. The Morgan fingerprint density at radius 2 is 1.76 bits per heavy atom. The van der Waals surface area contributed by atoms with Crippen molar-refractivity contribution in [3.8, 4) is 5.75 Å². The normalized spacial score (nSPS) is 11.0. The van der Waals surface area contributed by atoms with Gasteiger partial charge in [-0.1, -0.05) is 30.3 Å². The molecule has 0 aliphatic carbocycles. The standard InChI is InChI=1S/C17H12N2OS/c1-2-6-14-12(5-1)9-13(10-18-14)20-11-17-19-15-7-3-4-8-16(15)21-17/h1-10H,11H2. The summed E-state index contributed by atoms with van der Waals surface area (Å²) in [4.78, 5) is 8.96.